The molecule has 0 amide bonds. The number of nitrogens with zero attached hydrogens (tertiary/aromatic N) is 3. The van der Waals surface area contributed by atoms with Crippen molar-refractivity contribution >= 4 is 26.7 Å². The van der Waals surface area contributed by atoms with E-state index in [1.807, 2.05) is 24.9 Å². The van der Waals surface area contributed by atoms with E-state index in [0.717, 1.165) is 16.5 Å². The van der Waals surface area contributed by atoms with Crippen LogP contribution in [0.1, 0.15) is 45.1 Å². The summed E-state index contributed by atoms with van der Waals surface area (Å²) >= 11 is 1.34. The minimum atomic E-state index is -3.71. The first kappa shape index (κ1) is 17.8. The van der Waals surface area contributed by atoms with Gasteiger partial charge >= 0.3 is 0 Å². The molecule has 1 atom stereocenters. The molecule has 0 aliphatic carbocycles. The van der Waals surface area contributed by atoms with Gasteiger partial charge in [-0.3, -0.25) is 0 Å². The number of nitrogens with two attached hydrogens (primary N) is 1. The summed E-state index contributed by atoms with van der Waals surface area (Å²) in [4.78, 5) is 6.68. The summed E-state index contributed by atoms with van der Waals surface area (Å²) in [6.07, 6.45) is 0. The van der Waals surface area contributed by atoms with Crippen LogP contribution in [0.25, 0.3) is 0 Å². The van der Waals surface area contributed by atoms with Gasteiger partial charge in [-0.05, 0) is 24.6 Å². The number of hydrogen-bond acceptors (Lipinski definition) is 6. The van der Waals surface area contributed by atoms with Crippen LogP contribution >= 0.6 is 11.5 Å². The van der Waals surface area contributed by atoms with Crippen LogP contribution in [0.5, 0.6) is 0 Å². The molecule has 0 radical (unpaired) electrons. The molecule has 2 N–H and O–H groups in total. The number of aromatic nitrogens is 2. The number of anilines is 1. The van der Waals surface area contributed by atoms with E-state index in [1.165, 1.54) is 17.6 Å². The maximum atomic E-state index is 11.5. The molecule has 0 aliphatic heterocycles. The zero-order valence-electron chi connectivity index (χ0n) is 13.9. The van der Waals surface area contributed by atoms with Gasteiger partial charge < -0.3 is 4.90 Å². The van der Waals surface area contributed by atoms with Crippen molar-refractivity contribution < 1.29 is 8.42 Å². The summed E-state index contributed by atoms with van der Waals surface area (Å²) in [5.74, 6) is 0.801. The van der Waals surface area contributed by atoms with E-state index in [1.54, 1.807) is 12.1 Å². The highest BCUT2D eigenvalue weighted by molar-refractivity contribution is 7.89. The molecule has 6 nitrogen and oxygen atoms in total. The molecule has 2 aromatic rings. The van der Waals surface area contributed by atoms with Gasteiger partial charge in [0.2, 0.25) is 15.2 Å². The Kier molecular flexibility index (Phi) is 4.79. The zero-order valence-corrected chi connectivity index (χ0v) is 15.6. The standard InChI is InChI=1S/C15H22N4O2S2/c1-10(11-7-6-8-12(9-11)23(16,20)21)19(5)14-17-13(18-22-14)15(2,3)4/h6-10H,1-5H3,(H2,16,20,21). The van der Waals surface area contributed by atoms with Gasteiger partial charge in [0.25, 0.3) is 0 Å². The number of rotatable bonds is 4. The average Bonchev–Trinajstić information content (AvgIpc) is 2.95. The largest absolute Gasteiger partial charge is 0.343 e. The molecule has 1 unspecified atom stereocenters. The van der Waals surface area contributed by atoms with Crippen LogP contribution in [0.15, 0.2) is 29.2 Å². The Hall–Kier alpha value is -1.51. The van der Waals surface area contributed by atoms with E-state index in [-0.39, 0.29) is 16.4 Å². The quantitative estimate of drug-likeness (QED) is 0.912. The minimum Gasteiger partial charge on any atom is -0.343 e. The van der Waals surface area contributed by atoms with Crippen LogP contribution in [-0.4, -0.2) is 24.8 Å². The molecule has 0 fully saturated rings. The first-order valence-corrected chi connectivity index (χ1v) is 9.52. The first-order chi connectivity index (χ1) is 10.5. The van der Waals surface area contributed by atoms with Crippen molar-refractivity contribution in [3.05, 3.63) is 35.7 Å². The van der Waals surface area contributed by atoms with Crippen LogP contribution in [-0.2, 0) is 15.4 Å². The van der Waals surface area contributed by atoms with Crippen LogP contribution in [0.3, 0.4) is 0 Å². The molecule has 23 heavy (non-hydrogen) atoms. The first-order valence-electron chi connectivity index (χ1n) is 7.20. The second-order valence-electron chi connectivity index (χ2n) is 6.55. The highest BCUT2D eigenvalue weighted by Gasteiger charge is 2.23. The Balaban J connectivity index is 2.30. The van der Waals surface area contributed by atoms with E-state index in [2.05, 4.69) is 30.1 Å². The molecule has 2 rings (SSSR count). The second kappa shape index (κ2) is 6.18. The molecule has 0 spiro atoms. The molecule has 0 bridgehead atoms. The summed E-state index contributed by atoms with van der Waals surface area (Å²) < 4.78 is 27.4. The van der Waals surface area contributed by atoms with Gasteiger partial charge in [-0.25, -0.2) is 18.5 Å². The Labute approximate surface area is 141 Å². The van der Waals surface area contributed by atoms with Crippen molar-refractivity contribution in [1.29, 1.82) is 0 Å². The molecule has 126 valence electrons. The molecular formula is C15H22N4O2S2. The third kappa shape index (κ3) is 4.07. The van der Waals surface area contributed by atoms with Gasteiger partial charge in [0.1, 0.15) is 5.82 Å². The smallest absolute Gasteiger partial charge is 0.238 e. The molecule has 1 heterocycles. The SMILES string of the molecule is CC(c1cccc(S(N)(=O)=O)c1)N(C)c1nc(C(C)(C)C)ns1. The lowest BCUT2D eigenvalue weighted by Crippen LogP contribution is -2.22. The Bertz CT molecular complexity index is 794. The molecule has 0 saturated heterocycles. The molecule has 0 aliphatic rings. The molecule has 1 aromatic carbocycles. The fraction of sp³-hybridized carbons (Fsp3) is 0.467. The lowest BCUT2D eigenvalue weighted by atomic mass is 9.96. The molecule has 1 aromatic heterocycles. The van der Waals surface area contributed by atoms with Crippen molar-refractivity contribution in [2.24, 2.45) is 5.14 Å². The van der Waals surface area contributed by atoms with Gasteiger partial charge in [0.05, 0.1) is 10.9 Å². The summed E-state index contributed by atoms with van der Waals surface area (Å²) in [6.45, 7) is 8.19. The monoisotopic (exact) mass is 354 g/mol. The van der Waals surface area contributed by atoms with E-state index >= 15 is 0 Å². The third-order valence-corrected chi connectivity index (χ3v) is 5.36. The lowest BCUT2D eigenvalue weighted by molar-refractivity contribution is 0.553. The lowest BCUT2D eigenvalue weighted by Gasteiger charge is -2.24. The van der Waals surface area contributed by atoms with Gasteiger partial charge in [-0.1, -0.05) is 32.9 Å². The molecular weight excluding hydrogens is 332 g/mol. The van der Waals surface area contributed by atoms with Crippen LogP contribution in [0.2, 0.25) is 0 Å². The highest BCUT2D eigenvalue weighted by Crippen LogP contribution is 2.30. The van der Waals surface area contributed by atoms with Crippen LogP contribution in [0.4, 0.5) is 5.13 Å². The number of sulfonamides is 1. The third-order valence-electron chi connectivity index (χ3n) is 3.64. The van der Waals surface area contributed by atoms with Crippen LogP contribution < -0.4 is 10.0 Å². The summed E-state index contributed by atoms with van der Waals surface area (Å²) in [6, 6.07) is 6.61. The maximum Gasteiger partial charge on any atom is 0.238 e. The fourth-order valence-corrected chi connectivity index (χ4v) is 3.47. The Morgan fingerprint density at radius 2 is 1.96 bits per heavy atom. The highest BCUT2D eigenvalue weighted by atomic mass is 32.2. The number of benzene rings is 1. The summed E-state index contributed by atoms with van der Waals surface area (Å²) in [7, 11) is -1.79. The topological polar surface area (TPSA) is 89.2 Å². The predicted octanol–water partition coefficient (Wildman–Crippen LogP) is 2.68. The molecule has 0 saturated carbocycles. The van der Waals surface area contributed by atoms with Gasteiger partial charge in [0, 0.05) is 24.0 Å². The predicted molar refractivity (Wildman–Crippen MR) is 93.2 cm³/mol. The van der Waals surface area contributed by atoms with Gasteiger partial charge in [-0.2, -0.15) is 4.37 Å². The Morgan fingerprint density at radius 3 is 2.48 bits per heavy atom. The number of hydrogen-bond donors (Lipinski definition) is 1. The summed E-state index contributed by atoms with van der Waals surface area (Å²) in [5, 5.41) is 6.00. The van der Waals surface area contributed by atoms with Crippen molar-refractivity contribution in [1.82, 2.24) is 9.36 Å². The van der Waals surface area contributed by atoms with Gasteiger partial charge in [0.15, 0.2) is 0 Å². The average molecular weight is 355 g/mol. The van der Waals surface area contributed by atoms with E-state index < -0.39 is 10.0 Å². The summed E-state index contributed by atoms with van der Waals surface area (Å²) in [5.41, 5.74) is 0.748. The van der Waals surface area contributed by atoms with Crippen molar-refractivity contribution in [2.75, 3.05) is 11.9 Å². The number of primary sulfonamides is 1. The van der Waals surface area contributed by atoms with E-state index in [0.29, 0.717) is 0 Å². The van der Waals surface area contributed by atoms with Gasteiger partial charge in [-0.15, -0.1) is 0 Å². The molecule has 8 heteroatoms. The maximum absolute atomic E-state index is 11.5. The Morgan fingerprint density at radius 1 is 1.30 bits per heavy atom. The second-order valence-corrected chi connectivity index (χ2v) is 8.85. The normalized spacial score (nSPS) is 13.8. The van der Waals surface area contributed by atoms with E-state index in [4.69, 9.17) is 5.14 Å². The van der Waals surface area contributed by atoms with Crippen molar-refractivity contribution in [3.63, 3.8) is 0 Å². The fourth-order valence-electron chi connectivity index (χ4n) is 2.00. The van der Waals surface area contributed by atoms with Crippen LogP contribution in [0, 0.1) is 0 Å². The van der Waals surface area contributed by atoms with E-state index in [9.17, 15) is 8.42 Å². The minimum absolute atomic E-state index is 0.0579. The zero-order chi connectivity index (χ0) is 17.4. The van der Waals surface area contributed by atoms with Crippen molar-refractivity contribution in [2.45, 2.75) is 44.0 Å². The van der Waals surface area contributed by atoms with Crippen molar-refractivity contribution in [3.8, 4) is 0 Å².